The van der Waals surface area contributed by atoms with Crippen LogP contribution in [0.2, 0.25) is 0 Å². The first-order chi connectivity index (χ1) is 16.2. The van der Waals surface area contributed by atoms with Gasteiger partial charge in [-0.3, -0.25) is 9.59 Å². The van der Waals surface area contributed by atoms with Crippen LogP contribution < -0.4 is 9.64 Å². The number of nitrogens with zero attached hydrogens (tertiary/aromatic N) is 5. The second-order valence-corrected chi connectivity index (χ2v) is 7.62. The summed E-state index contributed by atoms with van der Waals surface area (Å²) in [7, 11) is 1.30. The first-order valence-corrected chi connectivity index (χ1v) is 10.3. The summed E-state index contributed by atoms with van der Waals surface area (Å²) in [6, 6.07) is 6.62. The molecule has 0 unspecified atom stereocenters. The smallest absolute Gasteiger partial charge is 0.453 e. The van der Waals surface area contributed by atoms with E-state index in [0.717, 1.165) is 6.07 Å². The number of fused-ring (bicyclic) bond motifs is 1. The van der Waals surface area contributed by atoms with Crippen LogP contribution in [0, 0.1) is 11.7 Å². The Morgan fingerprint density at radius 2 is 1.85 bits per heavy atom. The summed E-state index contributed by atoms with van der Waals surface area (Å²) in [5.41, 5.74) is 0.0190. The summed E-state index contributed by atoms with van der Waals surface area (Å²) in [5, 5.41) is 10.6. The minimum atomic E-state index is -4.70. The molecule has 13 heteroatoms. The van der Waals surface area contributed by atoms with Crippen molar-refractivity contribution in [2.75, 3.05) is 31.7 Å². The molecule has 3 heterocycles. The zero-order chi connectivity index (χ0) is 24.5. The van der Waals surface area contributed by atoms with Gasteiger partial charge in [0.1, 0.15) is 5.82 Å². The quantitative estimate of drug-likeness (QED) is 0.301. The monoisotopic (exact) mass is 481 g/mol. The van der Waals surface area contributed by atoms with Gasteiger partial charge in [-0.05, 0) is 43.2 Å². The number of aromatic nitrogens is 4. The minimum Gasteiger partial charge on any atom is -0.494 e. The highest BCUT2D eigenvalue weighted by atomic mass is 19.4. The van der Waals surface area contributed by atoms with E-state index in [4.69, 9.17) is 9.47 Å². The number of hydrogen-bond acceptors (Lipinski definition) is 8. The third-order valence-corrected chi connectivity index (χ3v) is 5.47. The van der Waals surface area contributed by atoms with Crippen LogP contribution in [0.5, 0.6) is 5.75 Å². The molecule has 4 rings (SSSR count). The molecule has 0 saturated carbocycles. The Balaban J connectivity index is 1.33. The molecule has 0 amide bonds. The number of halogens is 4. The summed E-state index contributed by atoms with van der Waals surface area (Å²) < 4.78 is 63.6. The van der Waals surface area contributed by atoms with Gasteiger partial charge in [-0.25, -0.2) is 4.39 Å². The van der Waals surface area contributed by atoms with Crippen molar-refractivity contribution in [3.8, 4) is 5.75 Å². The summed E-state index contributed by atoms with van der Waals surface area (Å²) in [6.07, 6.45) is -3.98. The minimum absolute atomic E-state index is 0.00660. The number of benzene rings is 1. The van der Waals surface area contributed by atoms with Gasteiger partial charge in [0.2, 0.25) is 0 Å². The molecule has 0 atom stereocenters. The van der Waals surface area contributed by atoms with Crippen molar-refractivity contribution < 1.29 is 36.6 Å². The number of ketones is 1. The van der Waals surface area contributed by atoms with Crippen LogP contribution in [0.3, 0.4) is 0 Å². The van der Waals surface area contributed by atoms with E-state index in [1.54, 1.807) is 4.90 Å². The Bertz CT molecular complexity index is 1220. The number of carbonyl (C=O) groups excluding carboxylic acids is 2. The lowest BCUT2D eigenvalue weighted by molar-refractivity contribution is -0.148. The summed E-state index contributed by atoms with van der Waals surface area (Å²) in [5.74, 6) is -3.24. The maximum absolute atomic E-state index is 13.8. The Morgan fingerprint density at radius 1 is 1.12 bits per heavy atom. The van der Waals surface area contributed by atoms with Gasteiger partial charge in [-0.1, -0.05) is 0 Å². The van der Waals surface area contributed by atoms with Crippen molar-refractivity contribution in [3.63, 3.8) is 0 Å². The molecule has 0 spiro atoms. The number of esters is 1. The maximum Gasteiger partial charge on any atom is 0.453 e. The molecule has 180 valence electrons. The van der Waals surface area contributed by atoms with Gasteiger partial charge in [0.25, 0.3) is 5.82 Å². The molecule has 1 saturated heterocycles. The molecule has 1 aromatic carbocycles. The van der Waals surface area contributed by atoms with Gasteiger partial charge in [0.05, 0.1) is 13.0 Å². The molecule has 0 aliphatic carbocycles. The molecule has 2 aromatic heterocycles. The zero-order valence-electron chi connectivity index (χ0n) is 17.9. The topological polar surface area (TPSA) is 98.9 Å². The number of rotatable bonds is 6. The van der Waals surface area contributed by atoms with Crippen LogP contribution in [-0.4, -0.2) is 58.4 Å². The second-order valence-electron chi connectivity index (χ2n) is 7.62. The van der Waals surface area contributed by atoms with Crippen molar-refractivity contribution in [3.05, 3.63) is 47.5 Å². The molecular weight excluding hydrogens is 462 g/mol. The number of methoxy groups -OCH3 is 1. The third-order valence-electron chi connectivity index (χ3n) is 5.47. The van der Waals surface area contributed by atoms with Crippen molar-refractivity contribution in [2.45, 2.75) is 19.0 Å². The molecule has 0 N–H and O–H groups in total. The average Bonchev–Trinajstić information content (AvgIpc) is 3.26. The third kappa shape index (κ3) is 4.77. The Hall–Kier alpha value is -3.77. The van der Waals surface area contributed by atoms with E-state index >= 15 is 0 Å². The predicted molar refractivity (Wildman–Crippen MR) is 109 cm³/mol. The molecule has 34 heavy (non-hydrogen) atoms. The Kier molecular flexibility index (Phi) is 6.35. The molecule has 9 nitrogen and oxygen atoms in total. The number of carbonyl (C=O) groups is 2. The van der Waals surface area contributed by atoms with Crippen molar-refractivity contribution >= 4 is 23.2 Å². The van der Waals surface area contributed by atoms with Gasteiger partial charge in [0, 0.05) is 18.7 Å². The molecule has 3 aromatic rings. The van der Waals surface area contributed by atoms with Gasteiger partial charge in [-0.2, -0.15) is 17.7 Å². The van der Waals surface area contributed by atoms with Crippen LogP contribution in [0.25, 0.3) is 5.65 Å². The van der Waals surface area contributed by atoms with E-state index in [1.165, 1.54) is 31.4 Å². The Labute approximate surface area is 190 Å². The van der Waals surface area contributed by atoms with E-state index in [9.17, 15) is 27.2 Å². The van der Waals surface area contributed by atoms with Crippen LogP contribution in [0.15, 0.2) is 30.3 Å². The fourth-order valence-corrected chi connectivity index (χ4v) is 3.65. The molecule has 1 aliphatic rings. The number of alkyl halides is 3. The average molecular weight is 481 g/mol. The Morgan fingerprint density at radius 3 is 2.50 bits per heavy atom. The molecule has 1 fully saturated rings. The van der Waals surface area contributed by atoms with Crippen molar-refractivity contribution in [1.82, 2.24) is 19.8 Å². The second kappa shape index (κ2) is 9.23. The molecule has 1 aliphatic heterocycles. The SMILES string of the molecule is COc1ccc(C(=O)COC(=O)C2CCN(c3ccc4nnc(C(F)(F)F)n4n3)CC2)cc1F. The van der Waals surface area contributed by atoms with E-state index in [2.05, 4.69) is 15.3 Å². The molecule has 0 bridgehead atoms. The van der Waals surface area contributed by atoms with E-state index in [1.807, 2.05) is 0 Å². The maximum atomic E-state index is 13.8. The van der Waals surface area contributed by atoms with Crippen molar-refractivity contribution in [2.24, 2.45) is 5.92 Å². The lowest BCUT2D eigenvalue weighted by Crippen LogP contribution is -2.38. The fourth-order valence-electron chi connectivity index (χ4n) is 3.65. The van der Waals surface area contributed by atoms with Gasteiger partial charge in [0.15, 0.2) is 29.6 Å². The van der Waals surface area contributed by atoms with Crippen LogP contribution in [0.4, 0.5) is 23.4 Å². The lowest BCUT2D eigenvalue weighted by atomic mass is 9.97. The molecular formula is C21H19F4N5O4. The number of Topliss-reactive ketones (excluding diaryl/α,β-unsaturated/α-hetero) is 1. The van der Waals surface area contributed by atoms with Crippen molar-refractivity contribution in [1.29, 1.82) is 0 Å². The fraction of sp³-hybridized carbons (Fsp3) is 0.381. The number of hydrogen-bond donors (Lipinski definition) is 0. The van der Waals surface area contributed by atoms with Crippen LogP contribution in [0.1, 0.15) is 29.0 Å². The van der Waals surface area contributed by atoms with Crippen LogP contribution in [-0.2, 0) is 15.7 Å². The van der Waals surface area contributed by atoms with Crippen LogP contribution >= 0.6 is 0 Å². The summed E-state index contributed by atoms with van der Waals surface area (Å²) in [4.78, 5) is 26.3. The molecule has 0 radical (unpaired) electrons. The number of piperidine rings is 1. The van der Waals surface area contributed by atoms with Gasteiger partial charge < -0.3 is 14.4 Å². The number of anilines is 1. The lowest BCUT2D eigenvalue weighted by Gasteiger charge is -2.31. The van der Waals surface area contributed by atoms with E-state index in [-0.39, 0.29) is 17.0 Å². The normalized spacial score (nSPS) is 14.9. The first kappa shape index (κ1) is 23.4. The predicted octanol–water partition coefficient (Wildman–Crippen LogP) is 2.93. The highest BCUT2D eigenvalue weighted by Crippen LogP contribution is 2.29. The van der Waals surface area contributed by atoms with Gasteiger partial charge >= 0.3 is 12.1 Å². The summed E-state index contributed by atoms with van der Waals surface area (Å²) >= 11 is 0. The standard InChI is InChI=1S/C21H19F4N5O4/c1-33-16-3-2-13(10-14(16)22)15(31)11-34-19(32)12-6-8-29(9-7-12)18-5-4-17-26-27-20(21(23,24)25)30(17)28-18/h2-5,10,12H,6-9,11H2,1H3. The van der Waals surface area contributed by atoms with E-state index in [0.29, 0.717) is 36.3 Å². The summed E-state index contributed by atoms with van der Waals surface area (Å²) in [6.45, 7) is 0.162. The highest BCUT2D eigenvalue weighted by molar-refractivity contribution is 5.98. The zero-order valence-corrected chi connectivity index (χ0v) is 17.9. The first-order valence-electron chi connectivity index (χ1n) is 10.3. The van der Waals surface area contributed by atoms with E-state index < -0.39 is 42.1 Å². The van der Waals surface area contributed by atoms with Gasteiger partial charge in [-0.15, -0.1) is 15.3 Å². The number of ether oxygens (including phenoxy) is 2. The largest absolute Gasteiger partial charge is 0.494 e. The highest BCUT2D eigenvalue weighted by Gasteiger charge is 2.38.